The summed E-state index contributed by atoms with van der Waals surface area (Å²) in [5.74, 6) is 2.39. The van der Waals surface area contributed by atoms with Crippen molar-refractivity contribution < 1.29 is 9.53 Å². The Balaban J connectivity index is 1.36. The number of aryl methyl sites for hydroxylation is 2. The fourth-order valence-corrected chi connectivity index (χ4v) is 4.03. The Morgan fingerprint density at radius 1 is 1.22 bits per heavy atom. The van der Waals surface area contributed by atoms with Crippen LogP contribution in [0.2, 0.25) is 0 Å². The number of fused-ring (bicyclic) bond motifs is 1. The van der Waals surface area contributed by atoms with Crippen molar-refractivity contribution in [2.45, 2.75) is 59.1 Å². The van der Waals surface area contributed by atoms with Gasteiger partial charge in [0.05, 0.1) is 11.0 Å². The standard InChI is InChI=1S/C24H38N6O2/c1-18-28-20-9-6-7-10-21(20)30(18)14-8-13-26-22(25-5)27-17-19-11-15-29(16-12-19)23(31)32-24(2,3)4/h6-7,9-10,19H,8,11-17H2,1-5H3,(H2,25,26,27). The van der Waals surface area contributed by atoms with Crippen molar-refractivity contribution in [3.63, 3.8) is 0 Å². The molecule has 3 rings (SSSR count). The number of guanidine groups is 1. The third-order valence-corrected chi connectivity index (χ3v) is 5.74. The van der Waals surface area contributed by atoms with Gasteiger partial charge in [-0.2, -0.15) is 0 Å². The quantitative estimate of drug-likeness (QED) is 0.406. The topological polar surface area (TPSA) is 83.8 Å². The number of amides is 1. The molecule has 1 saturated heterocycles. The van der Waals surface area contributed by atoms with Crippen LogP contribution in [0.15, 0.2) is 29.3 Å². The Labute approximate surface area is 191 Å². The highest BCUT2D eigenvalue weighted by Gasteiger charge is 2.26. The molecule has 8 nitrogen and oxygen atoms in total. The molecule has 2 N–H and O–H groups in total. The third kappa shape index (κ3) is 6.61. The fraction of sp³-hybridized carbons (Fsp3) is 0.625. The van der Waals surface area contributed by atoms with E-state index in [1.54, 1.807) is 7.05 Å². The molecule has 2 heterocycles. The van der Waals surface area contributed by atoms with E-state index in [1.165, 1.54) is 5.52 Å². The number of imidazole rings is 1. The highest BCUT2D eigenvalue weighted by Crippen LogP contribution is 2.19. The first-order valence-corrected chi connectivity index (χ1v) is 11.6. The van der Waals surface area contributed by atoms with Crippen LogP contribution in [0.3, 0.4) is 0 Å². The van der Waals surface area contributed by atoms with Crippen molar-refractivity contribution in [2.24, 2.45) is 10.9 Å². The number of ether oxygens (including phenoxy) is 1. The number of likely N-dealkylation sites (tertiary alicyclic amines) is 1. The number of benzene rings is 1. The number of nitrogens with zero attached hydrogens (tertiary/aromatic N) is 4. The van der Waals surface area contributed by atoms with Crippen LogP contribution >= 0.6 is 0 Å². The summed E-state index contributed by atoms with van der Waals surface area (Å²) in [6, 6.07) is 8.26. The summed E-state index contributed by atoms with van der Waals surface area (Å²) in [6.45, 7) is 11.9. The lowest BCUT2D eigenvalue weighted by Crippen LogP contribution is -2.45. The summed E-state index contributed by atoms with van der Waals surface area (Å²) < 4.78 is 7.75. The van der Waals surface area contributed by atoms with Crippen molar-refractivity contribution in [2.75, 3.05) is 33.2 Å². The first-order valence-electron chi connectivity index (χ1n) is 11.6. The van der Waals surface area contributed by atoms with Gasteiger partial charge in [-0.25, -0.2) is 9.78 Å². The summed E-state index contributed by atoms with van der Waals surface area (Å²) in [5, 5.41) is 6.85. The molecule has 0 aliphatic carbocycles. The molecule has 1 fully saturated rings. The second-order valence-electron chi connectivity index (χ2n) is 9.44. The molecule has 2 aromatic rings. The van der Waals surface area contributed by atoms with Crippen molar-refractivity contribution in [3.05, 3.63) is 30.1 Å². The smallest absolute Gasteiger partial charge is 0.410 e. The molecule has 8 heteroatoms. The number of aromatic nitrogens is 2. The van der Waals surface area contributed by atoms with Crippen LogP contribution in [0, 0.1) is 12.8 Å². The molecule has 1 amide bonds. The number of carbonyl (C=O) groups excluding carboxylic acids is 1. The van der Waals surface area contributed by atoms with Gasteiger partial charge in [0.1, 0.15) is 11.4 Å². The van der Waals surface area contributed by atoms with Gasteiger partial charge in [-0.15, -0.1) is 0 Å². The zero-order valence-electron chi connectivity index (χ0n) is 20.1. The molecule has 0 spiro atoms. The summed E-state index contributed by atoms with van der Waals surface area (Å²) in [4.78, 5) is 23.0. The molecule has 176 valence electrons. The van der Waals surface area contributed by atoms with E-state index in [4.69, 9.17) is 4.74 Å². The second-order valence-corrected chi connectivity index (χ2v) is 9.44. The molecule has 0 atom stereocenters. The Morgan fingerprint density at radius 2 is 1.94 bits per heavy atom. The molecule has 0 bridgehead atoms. The number of rotatable bonds is 6. The van der Waals surface area contributed by atoms with Gasteiger partial charge in [-0.05, 0) is 65.0 Å². The van der Waals surface area contributed by atoms with Crippen LogP contribution in [0.5, 0.6) is 0 Å². The van der Waals surface area contributed by atoms with Crippen molar-refractivity contribution >= 4 is 23.1 Å². The molecule has 0 unspecified atom stereocenters. The van der Waals surface area contributed by atoms with E-state index in [0.717, 1.165) is 69.3 Å². The molecule has 1 aliphatic heterocycles. The largest absolute Gasteiger partial charge is 0.444 e. The molecule has 0 saturated carbocycles. The highest BCUT2D eigenvalue weighted by atomic mass is 16.6. The summed E-state index contributed by atoms with van der Waals surface area (Å²) in [7, 11) is 1.80. The Bertz CT molecular complexity index is 922. The molecular formula is C24H38N6O2. The summed E-state index contributed by atoms with van der Waals surface area (Å²) >= 11 is 0. The lowest BCUT2D eigenvalue weighted by molar-refractivity contribution is 0.0185. The number of para-hydroxylation sites is 2. The number of nitrogens with one attached hydrogen (secondary N) is 2. The van der Waals surface area contributed by atoms with Gasteiger partial charge in [0.15, 0.2) is 5.96 Å². The van der Waals surface area contributed by atoms with Crippen molar-refractivity contribution in [3.8, 4) is 0 Å². The Hall–Kier alpha value is -2.77. The molecule has 1 aliphatic rings. The molecule has 32 heavy (non-hydrogen) atoms. The van der Waals surface area contributed by atoms with Crippen LogP contribution in [-0.4, -0.2) is 65.3 Å². The predicted molar refractivity (Wildman–Crippen MR) is 129 cm³/mol. The number of hydrogen-bond acceptors (Lipinski definition) is 4. The van der Waals surface area contributed by atoms with Gasteiger partial charge in [0, 0.05) is 39.8 Å². The summed E-state index contributed by atoms with van der Waals surface area (Å²) in [6.07, 6.45) is 2.71. The average Bonchev–Trinajstić information content (AvgIpc) is 3.07. The maximum atomic E-state index is 12.2. The lowest BCUT2D eigenvalue weighted by atomic mass is 9.97. The van der Waals surface area contributed by atoms with Crippen LogP contribution < -0.4 is 10.6 Å². The number of hydrogen-bond donors (Lipinski definition) is 2. The maximum absolute atomic E-state index is 12.2. The van der Waals surface area contributed by atoms with E-state index in [0.29, 0.717) is 5.92 Å². The first-order chi connectivity index (χ1) is 15.3. The minimum absolute atomic E-state index is 0.206. The molecule has 1 aromatic heterocycles. The van der Waals surface area contributed by atoms with Crippen molar-refractivity contribution in [1.82, 2.24) is 25.1 Å². The normalized spacial score (nSPS) is 15.8. The number of aliphatic imine (C=N–C) groups is 1. The van der Waals surface area contributed by atoms with Crippen molar-refractivity contribution in [1.29, 1.82) is 0 Å². The molecular weight excluding hydrogens is 404 g/mol. The van der Waals surface area contributed by atoms with Gasteiger partial charge in [0.25, 0.3) is 0 Å². The zero-order chi connectivity index (χ0) is 23.1. The van der Waals surface area contributed by atoms with E-state index >= 15 is 0 Å². The second kappa shape index (κ2) is 10.7. The van der Waals surface area contributed by atoms with Gasteiger partial charge in [0.2, 0.25) is 0 Å². The number of carbonyl (C=O) groups is 1. The van der Waals surface area contributed by atoms with Gasteiger partial charge in [-0.3, -0.25) is 4.99 Å². The highest BCUT2D eigenvalue weighted by molar-refractivity contribution is 5.79. The number of piperidine rings is 1. The predicted octanol–water partition coefficient (Wildman–Crippen LogP) is 3.55. The SMILES string of the molecule is CN=C(NCCCn1c(C)nc2ccccc21)NCC1CCN(C(=O)OC(C)(C)C)CC1. The van der Waals surface area contributed by atoms with Crippen LogP contribution in [0.1, 0.15) is 45.9 Å². The lowest BCUT2D eigenvalue weighted by Gasteiger charge is -2.33. The van der Waals surface area contributed by atoms with E-state index < -0.39 is 5.60 Å². The monoisotopic (exact) mass is 442 g/mol. The van der Waals surface area contributed by atoms with Crippen LogP contribution in [0.4, 0.5) is 4.79 Å². The minimum Gasteiger partial charge on any atom is -0.444 e. The summed E-state index contributed by atoms with van der Waals surface area (Å²) in [5.41, 5.74) is 1.79. The maximum Gasteiger partial charge on any atom is 0.410 e. The van der Waals surface area contributed by atoms with E-state index in [2.05, 4.69) is 50.3 Å². The van der Waals surface area contributed by atoms with Gasteiger partial charge < -0.3 is 24.8 Å². The van der Waals surface area contributed by atoms with Gasteiger partial charge >= 0.3 is 6.09 Å². The van der Waals surface area contributed by atoms with E-state index in [-0.39, 0.29) is 6.09 Å². The fourth-order valence-electron chi connectivity index (χ4n) is 4.03. The molecule has 0 radical (unpaired) electrons. The van der Waals surface area contributed by atoms with E-state index in [1.807, 2.05) is 31.7 Å². The third-order valence-electron chi connectivity index (χ3n) is 5.74. The first kappa shape index (κ1) is 23.9. The minimum atomic E-state index is -0.447. The Morgan fingerprint density at radius 3 is 2.62 bits per heavy atom. The Kier molecular flexibility index (Phi) is 7.99. The van der Waals surface area contributed by atoms with E-state index in [9.17, 15) is 4.79 Å². The van der Waals surface area contributed by atoms with Crippen LogP contribution in [0.25, 0.3) is 11.0 Å². The van der Waals surface area contributed by atoms with Gasteiger partial charge in [-0.1, -0.05) is 12.1 Å². The van der Waals surface area contributed by atoms with Crippen LogP contribution in [-0.2, 0) is 11.3 Å². The average molecular weight is 443 g/mol. The zero-order valence-corrected chi connectivity index (χ0v) is 20.1. The molecule has 1 aromatic carbocycles.